The normalized spacial score (nSPS) is 10.7. The highest BCUT2D eigenvalue weighted by molar-refractivity contribution is 6.30. The van der Waals surface area contributed by atoms with E-state index in [0.29, 0.717) is 17.3 Å². The smallest absolute Gasteiger partial charge is 0.407 e. The number of benzene rings is 1. The largest absolute Gasteiger partial charge is 0.444 e. The molecule has 0 atom stereocenters. The van der Waals surface area contributed by atoms with Gasteiger partial charge in [0, 0.05) is 23.8 Å². The second kappa shape index (κ2) is 7.73. The van der Waals surface area contributed by atoms with Gasteiger partial charge in [0.1, 0.15) is 5.60 Å². The zero-order chi connectivity index (χ0) is 15.9. The first-order valence-electron chi connectivity index (χ1n) is 6.53. The Morgan fingerprint density at radius 3 is 2.24 bits per heavy atom. The lowest BCUT2D eigenvalue weighted by atomic mass is 10.2. The van der Waals surface area contributed by atoms with Gasteiger partial charge in [-0.25, -0.2) is 9.59 Å². The number of carbonyl (C=O) groups is 2. The molecule has 1 aromatic carbocycles. The molecule has 0 spiro atoms. The monoisotopic (exact) mass is 313 g/mol. The molecule has 116 valence electrons. The number of carbonyl (C=O) groups excluding carboxylic acids is 2. The third-order valence-corrected chi connectivity index (χ3v) is 2.43. The van der Waals surface area contributed by atoms with Gasteiger partial charge in [-0.2, -0.15) is 0 Å². The predicted molar refractivity (Wildman–Crippen MR) is 82.7 cm³/mol. The molecule has 1 rings (SSSR count). The molecule has 0 fully saturated rings. The van der Waals surface area contributed by atoms with Crippen molar-refractivity contribution < 1.29 is 14.3 Å². The van der Waals surface area contributed by atoms with Crippen LogP contribution in [0.25, 0.3) is 0 Å². The number of halogens is 1. The van der Waals surface area contributed by atoms with Gasteiger partial charge in [0.25, 0.3) is 0 Å². The number of alkyl carbamates (subject to hydrolysis) is 1. The van der Waals surface area contributed by atoms with Gasteiger partial charge in [0.2, 0.25) is 0 Å². The molecule has 0 saturated heterocycles. The van der Waals surface area contributed by atoms with E-state index in [1.165, 1.54) is 0 Å². The van der Waals surface area contributed by atoms with Crippen LogP contribution in [0, 0.1) is 0 Å². The fourth-order valence-electron chi connectivity index (χ4n) is 1.36. The molecule has 3 amide bonds. The molecule has 6 nitrogen and oxygen atoms in total. The van der Waals surface area contributed by atoms with Crippen LogP contribution >= 0.6 is 11.6 Å². The molecular weight excluding hydrogens is 294 g/mol. The number of nitrogens with one attached hydrogen (secondary N) is 3. The Labute approximate surface area is 129 Å². The lowest BCUT2D eigenvalue weighted by molar-refractivity contribution is 0.0528. The highest BCUT2D eigenvalue weighted by atomic mass is 35.5. The van der Waals surface area contributed by atoms with Gasteiger partial charge in [0.05, 0.1) is 0 Å². The summed E-state index contributed by atoms with van der Waals surface area (Å²) in [5.41, 5.74) is 0.0979. The molecule has 0 heterocycles. The molecular formula is C14H20ClN3O3. The summed E-state index contributed by atoms with van der Waals surface area (Å²) < 4.78 is 5.06. The van der Waals surface area contributed by atoms with E-state index in [1.54, 1.807) is 45.0 Å². The molecule has 3 N–H and O–H groups in total. The molecule has 0 aliphatic heterocycles. The summed E-state index contributed by atoms with van der Waals surface area (Å²) in [4.78, 5) is 22.9. The van der Waals surface area contributed by atoms with Crippen LogP contribution in [0.2, 0.25) is 5.02 Å². The van der Waals surface area contributed by atoms with Crippen molar-refractivity contribution in [1.82, 2.24) is 10.6 Å². The van der Waals surface area contributed by atoms with E-state index in [-0.39, 0.29) is 12.6 Å². The predicted octanol–water partition coefficient (Wildman–Crippen LogP) is 2.99. The van der Waals surface area contributed by atoms with Gasteiger partial charge in [-0.3, -0.25) is 0 Å². The van der Waals surface area contributed by atoms with Gasteiger partial charge in [-0.15, -0.1) is 0 Å². The minimum absolute atomic E-state index is 0.281. The van der Waals surface area contributed by atoms with E-state index in [1.807, 2.05) is 0 Å². The van der Waals surface area contributed by atoms with Crippen LogP contribution in [-0.2, 0) is 4.74 Å². The number of anilines is 1. The number of hydrogen-bond donors (Lipinski definition) is 3. The summed E-state index contributed by atoms with van der Waals surface area (Å²) in [6.07, 6.45) is -0.512. The first-order valence-corrected chi connectivity index (χ1v) is 6.91. The maximum atomic E-state index is 11.6. The Morgan fingerprint density at radius 2 is 1.67 bits per heavy atom. The Kier molecular flexibility index (Phi) is 6.30. The van der Waals surface area contributed by atoms with E-state index in [2.05, 4.69) is 16.0 Å². The van der Waals surface area contributed by atoms with Crippen molar-refractivity contribution in [3.8, 4) is 0 Å². The standard InChI is InChI=1S/C14H20ClN3O3/c1-14(2,3)21-13(20)17-9-8-16-12(19)18-11-6-4-10(15)5-7-11/h4-7H,8-9H2,1-3H3,(H,17,20)(H2,16,18,19). The second-order valence-electron chi connectivity index (χ2n) is 5.32. The molecule has 0 unspecified atom stereocenters. The lowest BCUT2D eigenvalue weighted by Crippen LogP contribution is -2.39. The quantitative estimate of drug-likeness (QED) is 0.748. The van der Waals surface area contributed by atoms with Crippen LogP contribution in [0.5, 0.6) is 0 Å². The fraction of sp³-hybridized carbons (Fsp3) is 0.429. The fourth-order valence-corrected chi connectivity index (χ4v) is 1.49. The summed E-state index contributed by atoms with van der Waals surface area (Å²) in [5.74, 6) is 0. The van der Waals surface area contributed by atoms with E-state index < -0.39 is 11.7 Å². The topological polar surface area (TPSA) is 79.5 Å². The number of rotatable bonds is 4. The first-order chi connectivity index (χ1) is 9.76. The van der Waals surface area contributed by atoms with Crippen molar-refractivity contribution in [3.63, 3.8) is 0 Å². The summed E-state index contributed by atoms with van der Waals surface area (Å²) in [7, 11) is 0. The highest BCUT2D eigenvalue weighted by Gasteiger charge is 2.15. The number of urea groups is 1. The molecule has 0 aliphatic rings. The Balaban J connectivity index is 2.19. The summed E-state index contributed by atoms with van der Waals surface area (Å²) >= 11 is 5.75. The van der Waals surface area contributed by atoms with Crippen molar-refractivity contribution in [2.24, 2.45) is 0 Å². The molecule has 0 bridgehead atoms. The van der Waals surface area contributed by atoms with Crippen molar-refractivity contribution in [2.45, 2.75) is 26.4 Å². The molecule has 7 heteroatoms. The van der Waals surface area contributed by atoms with Gasteiger partial charge < -0.3 is 20.7 Å². The molecule has 0 saturated carbocycles. The van der Waals surface area contributed by atoms with Crippen molar-refractivity contribution in [2.75, 3.05) is 18.4 Å². The van der Waals surface area contributed by atoms with E-state index in [4.69, 9.17) is 16.3 Å². The Bertz CT molecular complexity index is 483. The lowest BCUT2D eigenvalue weighted by Gasteiger charge is -2.19. The number of hydrogen-bond acceptors (Lipinski definition) is 3. The average Bonchev–Trinajstić information content (AvgIpc) is 2.35. The van der Waals surface area contributed by atoms with Crippen LogP contribution in [0.3, 0.4) is 0 Å². The van der Waals surface area contributed by atoms with Gasteiger partial charge in [0.15, 0.2) is 0 Å². The van der Waals surface area contributed by atoms with Crippen LogP contribution in [0.15, 0.2) is 24.3 Å². The zero-order valence-corrected chi connectivity index (χ0v) is 13.1. The van der Waals surface area contributed by atoms with Gasteiger partial charge in [-0.05, 0) is 45.0 Å². The summed E-state index contributed by atoms with van der Waals surface area (Å²) in [5, 5.41) is 8.40. The van der Waals surface area contributed by atoms with E-state index >= 15 is 0 Å². The SMILES string of the molecule is CC(C)(C)OC(=O)NCCNC(=O)Nc1ccc(Cl)cc1. The zero-order valence-electron chi connectivity index (χ0n) is 12.3. The maximum Gasteiger partial charge on any atom is 0.407 e. The van der Waals surface area contributed by atoms with Gasteiger partial charge in [-0.1, -0.05) is 11.6 Å². The maximum absolute atomic E-state index is 11.6. The third-order valence-electron chi connectivity index (χ3n) is 2.18. The van der Waals surface area contributed by atoms with Crippen LogP contribution < -0.4 is 16.0 Å². The minimum Gasteiger partial charge on any atom is -0.444 e. The third kappa shape index (κ3) is 8.04. The number of amides is 3. The molecule has 0 aromatic heterocycles. The van der Waals surface area contributed by atoms with Crippen LogP contribution in [0.1, 0.15) is 20.8 Å². The molecule has 21 heavy (non-hydrogen) atoms. The van der Waals surface area contributed by atoms with Gasteiger partial charge >= 0.3 is 12.1 Å². The summed E-state index contributed by atoms with van der Waals surface area (Å²) in [6, 6.07) is 6.40. The van der Waals surface area contributed by atoms with Crippen LogP contribution in [0.4, 0.5) is 15.3 Å². The second-order valence-corrected chi connectivity index (χ2v) is 5.75. The number of ether oxygens (including phenoxy) is 1. The minimum atomic E-state index is -0.538. The highest BCUT2D eigenvalue weighted by Crippen LogP contribution is 2.12. The molecule has 0 radical (unpaired) electrons. The van der Waals surface area contributed by atoms with Crippen molar-refractivity contribution >= 4 is 29.4 Å². The first kappa shape index (κ1) is 17.1. The van der Waals surface area contributed by atoms with E-state index in [0.717, 1.165) is 0 Å². The van der Waals surface area contributed by atoms with Crippen molar-refractivity contribution in [1.29, 1.82) is 0 Å². The Hall–Kier alpha value is -1.95. The average molecular weight is 314 g/mol. The summed E-state index contributed by atoms with van der Waals surface area (Å²) in [6.45, 7) is 5.92. The van der Waals surface area contributed by atoms with Crippen molar-refractivity contribution in [3.05, 3.63) is 29.3 Å². The Morgan fingerprint density at radius 1 is 1.10 bits per heavy atom. The van der Waals surface area contributed by atoms with Crippen LogP contribution in [-0.4, -0.2) is 30.8 Å². The van der Waals surface area contributed by atoms with E-state index in [9.17, 15) is 9.59 Å². The molecule has 1 aromatic rings. The molecule has 0 aliphatic carbocycles.